The van der Waals surface area contributed by atoms with Crippen molar-refractivity contribution < 1.29 is 27.8 Å². The molecule has 8 heteroatoms. The van der Waals surface area contributed by atoms with E-state index in [2.05, 4.69) is 9.84 Å². The Bertz CT molecular complexity index is 316. The topological polar surface area (TPSA) is 64.4 Å². The summed E-state index contributed by atoms with van der Waals surface area (Å²) in [5.74, 6) is -0.00248. The smallest absolute Gasteiger partial charge is 0.422 e. The van der Waals surface area contributed by atoms with Gasteiger partial charge in [-0.25, -0.2) is 0 Å². The fourth-order valence-corrected chi connectivity index (χ4v) is 0.754. The lowest BCUT2D eigenvalue weighted by atomic mass is 10.5. The maximum atomic E-state index is 11.7. The van der Waals surface area contributed by atoms with Crippen molar-refractivity contribution in [2.75, 3.05) is 6.61 Å². The molecular formula is C8H11F3N2O3. The van der Waals surface area contributed by atoms with Gasteiger partial charge in [0.05, 0.1) is 0 Å². The molecule has 0 radical (unpaired) electrons. The van der Waals surface area contributed by atoms with E-state index in [4.69, 9.17) is 9.90 Å². The van der Waals surface area contributed by atoms with Crippen LogP contribution in [-0.2, 0) is 11.8 Å². The van der Waals surface area contributed by atoms with Gasteiger partial charge in [-0.3, -0.25) is 9.48 Å². The monoisotopic (exact) mass is 240 g/mol. The van der Waals surface area contributed by atoms with Gasteiger partial charge in [-0.1, -0.05) is 0 Å². The summed E-state index contributed by atoms with van der Waals surface area (Å²) in [5, 5.41) is 10.6. The summed E-state index contributed by atoms with van der Waals surface area (Å²) in [6.45, 7) is 0.177. The average Bonchev–Trinajstić information content (AvgIpc) is 2.44. The van der Waals surface area contributed by atoms with E-state index in [1.807, 2.05) is 0 Å². The molecule has 1 aromatic heterocycles. The van der Waals surface area contributed by atoms with Gasteiger partial charge >= 0.3 is 6.18 Å². The van der Waals surface area contributed by atoms with E-state index in [0.29, 0.717) is 0 Å². The molecule has 0 unspecified atom stereocenters. The van der Waals surface area contributed by atoms with Crippen molar-refractivity contribution >= 4 is 6.47 Å². The van der Waals surface area contributed by atoms with E-state index in [9.17, 15) is 13.2 Å². The minimum atomic E-state index is -4.31. The number of alkyl halides is 3. The molecule has 0 aliphatic heterocycles. The van der Waals surface area contributed by atoms with Gasteiger partial charge in [0.1, 0.15) is 0 Å². The molecule has 0 saturated carbocycles. The van der Waals surface area contributed by atoms with Gasteiger partial charge in [-0.15, -0.1) is 5.10 Å². The summed E-state index contributed by atoms with van der Waals surface area (Å²) in [6, 6.07) is 1.45. The van der Waals surface area contributed by atoms with Gasteiger partial charge in [0, 0.05) is 18.8 Å². The molecule has 0 aliphatic rings. The number of nitrogens with zero attached hydrogens (tertiary/aromatic N) is 2. The van der Waals surface area contributed by atoms with Gasteiger partial charge < -0.3 is 9.84 Å². The third-order valence-corrected chi connectivity index (χ3v) is 1.48. The molecule has 16 heavy (non-hydrogen) atoms. The van der Waals surface area contributed by atoms with Crippen LogP contribution in [0, 0.1) is 6.92 Å². The molecule has 0 saturated heterocycles. The van der Waals surface area contributed by atoms with Crippen molar-refractivity contribution in [2.24, 2.45) is 7.05 Å². The summed E-state index contributed by atoms with van der Waals surface area (Å²) >= 11 is 0. The second kappa shape index (κ2) is 5.99. The Morgan fingerprint density at radius 2 is 2.12 bits per heavy atom. The Balaban J connectivity index is 0.000000673. The first kappa shape index (κ1) is 14.3. The van der Waals surface area contributed by atoms with Crippen molar-refractivity contribution in [3.05, 3.63) is 11.8 Å². The van der Waals surface area contributed by atoms with Crippen molar-refractivity contribution in [1.29, 1.82) is 0 Å². The fourth-order valence-electron chi connectivity index (χ4n) is 0.754. The van der Waals surface area contributed by atoms with Crippen molar-refractivity contribution in [3.8, 4) is 5.88 Å². The third kappa shape index (κ3) is 5.89. The second-order valence-electron chi connectivity index (χ2n) is 2.76. The number of carboxylic acid groups (broad SMARTS) is 1. The lowest BCUT2D eigenvalue weighted by molar-refractivity contribution is -0.154. The lowest BCUT2D eigenvalue weighted by Crippen LogP contribution is -2.19. The fraction of sp³-hybridized carbons (Fsp3) is 0.500. The molecule has 5 nitrogen and oxygen atoms in total. The predicted molar refractivity (Wildman–Crippen MR) is 48.2 cm³/mol. The molecule has 1 aromatic rings. The zero-order valence-corrected chi connectivity index (χ0v) is 8.65. The SMILES string of the molecule is Cc1cc(OCC(F)(F)F)nn1C.O=CO. The van der Waals surface area contributed by atoms with Gasteiger partial charge in [0.25, 0.3) is 6.47 Å². The maximum Gasteiger partial charge on any atom is 0.422 e. The highest BCUT2D eigenvalue weighted by molar-refractivity contribution is 5.32. The number of halogens is 3. The number of aromatic nitrogens is 2. The zero-order chi connectivity index (χ0) is 12.8. The van der Waals surface area contributed by atoms with Crippen LogP contribution >= 0.6 is 0 Å². The molecular weight excluding hydrogens is 229 g/mol. The molecule has 92 valence electrons. The largest absolute Gasteiger partial charge is 0.483 e. The summed E-state index contributed by atoms with van der Waals surface area (Å²) in [7, 11) is 1.63. The average molecular weight is 240 g/mol. The van der Waals surface area contributed by atoms with Gasteiger partial charge in [-0.05, 0) is 6.92 Å². The van der Waals surface area contributed by atoms with Crippen LogP contribution in [0.1, 0.15) is 5.69 Å². The molecule has 0 fully saturated rings. The summed E-state index contributed by atoms with van der Waals surface area (Å²) < 4.78 is 40.9. The molecule has 1 heterocycles. The Hall–Kier alpha value is -1.73. The van der Waals surface area contributed by atoms with E-state index in [-0.39, 0.29) is 12.4 Å². The van der Waals surface area contributed by atoms with E-state index >= 15 is 0 Å². The number of rotatable bonds is 2. The van der Waals surface area contributed by atoms with Crippen LogP contribution in [0.4, 0.5) is 13.2 Å². The highest BCUT2D eigenvalue weighted by Crippen LogP contribution is 2.17. The van der Waals surface area contributed by atoms with Crippen LogP contribution in [0.2, 0.25) is 0 Å². The molecule has 0 spiro atoms. The highest BCUT2D eigenvalue weighted by Gasteiger charge is 2.28. The Kier molecular flexibility index (Phi) is 5.34. The number of hydrogen-bond acceptors (Lipinski definition) is 3. The second-order valence-corrected chi connectivity index (χ2v) is 2.76. The van der Waals surface area contributed by atoms with Crippen LogP contribution in [0.25, 0.3) is 0 Å². The normalized spacial score (nSPS) is 10.3. The molecule has 0 aliphatic carbocycles. The van der Waals surface area contributed by atoms with E-state index in [1.165, 1.54) is 10.7 Å². The van der Waals surface area contributed by atoms with Crippen molar-refractivity contribution in [2.45, 2.75) is 13.1 Å². The van der Waals surface area contributed by atoms with Crippen LogP contribution < -0.4 is 4.74 Å². The lowest BCUT2D eigenvalue weighted by Gasteiger charge is -2.05. The van der Waals surface area contributed by atoms with Crippen molar-refractivity contribution in [1.82, 2.24) is 9.78 Å². The minimum absolute atomic E-state index is 0.00248. The van der Waals surface area contributed by atoms with Crippen LogP contribution in [-0.4, -0.2) is 34.1 Å². The van der Waals surface area contributed by atoms with Crippen LogP contribution in [0.3, 0.4) is 0 Å². The highest BCUT2D eigenvalue weighted by atomic mass is 19.4. The predicted octanol–water partition coefficient (Wildman–Crippen LogP) is 1.37. The number of hydrogen-bond donors (Lipinski definition) is 1. The third-order valence-electron chi connectivity index (χ3n) is 1.48. The summed E-state index contributed by atoms with van der Waals surface area (Å²) in [5.41, 5.74) is 0.747. The number of carbonyl (C=O) groups is 1. The molecule has 0 amide bonds. The Labute approximate surface area is 89.4 Å². The zero-order valence-electron chi connectivity index (χ0n) is 8.65. The summed E-state index contributed by atoms with van der Waals surface area (Å²) in [4.78, 5) is 8.36. The number of aryl methyl sites for hydroxylation is 2. The van der Waals surface area contributed by atoms with E-state index in [0.717, 1.165) is 5.69 Å². The van der Waals surface area contributed by atoms with Gasteiger partial charge in [0.2, 0.25) is 5.88 Å². The van der Waals surface area contributed by atoms with Gasteiger partial charge in [0.15, 0.2) is 6.61 Å². The first-order valence-electron chi connectivity index (χ1n) is 4.08. The molecule has 1 rings (SSSR count). The first-order chi connectivity index (χ1) is 7.30. The maximum absolute atomic E-state index is 11.7. The van der Waals surface area contributed by atoms with E-state index < -0.39 is 12.8 Å². The molecule has 1 N–H and O–H groups in total. The van der Waals surface area contributed by atoms with E-state index in [1.54, 1.807) is 14.0 Å². The Morgan fingerprint density at radius 3 is 2.44 bits per heavy atom. The van der Waals surface area contributed by atoms with Crippen LogP contribution in [0.15, 0.2) is 6.07 Å². The standard InChI is InChI=1S/C7H9F3N2O.CH2O2/c1-5-3-6(11-12(5)2)13-4-7(8,9)10;2-1-3/h3H,4H2,1-2H3;1H,(H,2,3). The molecule has 0 atom stereocenters. The molecule has 0 bridgehead atoms. The molecule has 0 aromatic carbocycles. The number of ether oxygens (including phenoxy) is 1. The van der Waals surface area contributed by atoms with Crippen LogP contribution in [0.5, 0.6) is 5.88 Å². The Morgan fingerprint density at radius 1 is 1.62 bits per heavy atom. The quantitative estimate of drug-likeness (QED) is 0.793. The minimum Gasteiger partial charge on any atom is -0.483 e. The first-order valence-corrected chi connectivity index (χ1v) is 4.08. The van der Waals surface area contributed by atoms with Crippen molar-refractivity contribution in [3.63, 3.8) is 0 Å². The van der Waals surface area contributed by atoms with Gasteiger partial charge in [-0.2, -0.15) is 13.2 Å². The summed E-state index contributed by atoms with van der Waals surface area (Å²) in [6.07, 6.45) is -4.31.